The molecule has 0 fully saturated rings. The van der Waals surface area contributed by atoms with E-state index in [1.807, 2.05) is 18.2 Å². The first-order valence-corrected chi connectivity index (χ1v) is 7.03. The molecule has 1 heterocycles. The molecule has 2 aromatic rings. The summed E-state index contributed by atoms with van der Waals surface area (Å²) < 4.78 is 1.17. The van der Waals surface area contributed by atoms with E-state index in [1.165, 1.54) is 9.90 Å². The first kappa shape index (κ1) is 14.0. The lowest BCUT2D eigenvalue weighted by atomic mass is 10.0. The molecule has 0 bridgehead atoms. The number of hydrazine groups is 1. The summed E-state index contributed by atoms with van der Waals surface area (Å²) >= 11 is 2.28. The number of nitrogen functional groups attached to an aromatic ring is 1. The molecule has 1 aromatic heterocycles. The Hall–Kier alpha value is -1.41. The van der Waals surface area contributed by atoms with Crippen molar-refractivity contribution in [2.45, 2.75) is 19.8 Å². The van der Waals surface area contributed by atoms with Crippen LogP contribution >= 0.6 is 22.6 Å². The van der Waals surface area contributed by atoms with Crippen molar-refractivity contribution >= 4 is 39.9 Å². The van der Waals surface area contributed by atoms with E-state index < -0.39 is 0 Å². The molecule has 1 aromatic carbocycles. The highest BCUT2D eigenvalue weighted by molar-refractivity contribution is 14.1. The number of benzene rings is 1. The van der Waals surface area contributed by atoms with Gasteiger partial charge in [-0.3, -0.25) is 0 Å². The van der Waals surface area contributed by atoms with Crippen LogP contribution in [-0.4, -0.2) is 9.97 Å². The third kappa shape index (κ3) is 3.32. The van der Waals surface area contributed by atoms with Gasteiger partial charge in [0.1, 0.15) is 18.0 Å². The number of nitrogens with zero attached hydrogens (tertiary/aromatic N) is 2. The molecule has 0 radical (unpaired) electrons. The molecule has 4 N–H and O–H groups in total. The Bertz CT molecular complexity index is 571. The van der Waals surface area contributed by atoms with Gasteiger partial charge in [0.25, 0.3) is 0 Å². The minimum atomic E-state index is 0.262. The fourth-order valence-corrected chi connectivity index (χ4v) is 2.40. The number of rotatable bonds is 4. The average molecular weight is 369 g/mol. The van der Waals surface area contributed by atoms with E-state index in [9.17, 15) is 0 Å². The summed E-state index contributed by atoms with van der Waals surface area (Å²) in [5.41, 5.74) is 4.59. The molecule has 0 aliphatic carbocycles. The number of anilines is 3. The van der Waals surface area contributed by atoms with Crippen molar-refractivity contribution in [3.8, 4) is 0 Å². The Morgan fingerprint density at radius 1 is 1.21 bits per heavy atom. The van der Waals surface area contributed by atoms with Gasteiger partial charge in [-0.25, -0.2) is 15.8 Å². The minimum Gasteiger partial charge on any atom is -0.340 e. The van der Waals surface area contributed by atoms with E-state index >= 15 is 0 Å². The monoisotopic (exact) mass is 369 g/mol. The molecular weight excluding hydrogens is 353 g/mol. The molecule has 0 saturated heterocycles. The standard InChI is InChI=1S/C13H16IN5/c1-8(2)11-12(16-7-17-13(11)19-15)18-10-5-3-4-9(14)6-10/h3-8H,15H2,1-2H3,(H2,16,17,18,19). The van der Waals surface area contributed by atoms with Crippen LogP contribution in [0.15, 0.2) is 30.6 Å². The Morgan fingerprint density at radius 3 is 2.58 bits per heavy atom. The molecule has 5 nitrogen and oxygen atoms in total. The Balaban J connectivity index is 2.39. The van der Waals surface area contributed by atoms with Gasteiger partial charge >= 0.3 is 0 Å². The second-order valence-corrected chi connectivity index (χ2v) is 5.66. The van der Waals surface area contributed by atoms with Crippen LogP contribution in [0.5, 0.6) is 0 Å². The lowest BCUT2D eigenvalue weighted by molar-refractivity contribution is 0.850. The molecule has 0 atom stereocenters. The van der Waals surface area contributed by atoms with Crippen molar-refractivity contribution in [3.05, 3.63) is 39.7 Å². The maximum Gasteiger partial charge on any atom is 0.148 e. The average Bonchev–Trinajstić information content (AvgIpc) is 2.38. The summed E-state index contributed by atoms with van der Waals surface area (Å²) in [6.45, 7) is 4.17. The van der Waals surface area contributed by atoms with Gasteiger partial charge in [-0.05, 0) is 46.7 Å². The van der Waals surface area contributed by atoms with Gasteiger partial charge in [-0.2, -0.15) is 0 Å². The first-order valence-electron chi connectivity index (χ1n) is 5.96. The van der Waals surface area contributed by atoms with E-state index in [-0.39, 0.29) is 5.92 Å². The van der Waals surface area contributed by atoms with Crippen LogP contribution in [0.25, 0.3) is 0 Å². The highest BCUT2D eigenvalue weighted by atomic mass is 127. The van der Waals surface area contributed by atoms with Gasteiger partial charge in [0.15, 0.2) is 0 Å². The zero-order valence-electron chi connectivity index (χ0n) is 10.8. The lowest BCUT2D eigenvalue weighted by Crippen LogP contribution is -2.14. The van der Waals surface area contributed by atoms with E-state index in [0.29, 0.717) is 5.82 Å². The van der Waals surface area contributed by atoms with Crippen molar-refractivity contribution in [1.29, 1.82) is 0 Å². The smallest absolute Gasteiger partial charge is 0.148 e. The van der Waals surface area contributed by atoms with Gasteiger partial charge in [0.2, 0.25) is 0 Å². The molecule has 0 saturated carbocycles. The molecule has 19 heavy (non-hydrogen) atoms. The van der Waals surface area contributed by atoms with Gasteiger partial charge in [-0.1, -0.05) is 19.9 Å². The molecule has 0 amide bonds. The number of hydrogen-bond donors (Lipinski definition) is 3. The number of aromatic nitrogens is 2. The summed E-state index contributed by atoms with van der Waals surface area (Å²) in [5.74, 6) is 7.20. The summed E-state index contributed by atoms with van der Waals surface area (Å²) in [6, 6.07) is 8.11. The van der Waals surface area contributed by atoms with Crippen molar-refractivity contribution in [2.75, 3.05) is 10.7 Å². The molecule has 100 valence electrons. The fourth-order valence-electron chi connectivity index (χ4n) is 1.86. The summed E-state index contributed by atoms with van der Waals surface area (Å²) in [5, 5.41) is 3.32. The van der Waals surface area contributed by atoms with Crippen LogP contribution in [-0.2, 0) is 0 Å². The van der Waals surface area contributed by atoms with Crippen molar-refractivity contribution < 1.29 is 0 Å². The summed E-state index contributed by atoms with van der Waals surface area (Å²) in [6.07, 6.45) is 1.50. The fraction of sp³-hybridized carbons (Fsp3) is 0.231. The van der Waals surface area contributed by atoms with Crippen molar-refractivity contribution in [2.24, 2.45) is 5.84 Å². The van der Waals surface area contributed by atoms with Gasteiger partial charge in [0.05, 0.1) is 0 Å². The highest BCUT2D eigenvalue weighted by Gasteiger charge is 2.14. The predicted octanol–water partition coefficient (Wildman–Crippen LogP) is 3.23. The second kappa shape index (κ2) is 6.16. The van der Waals surface area contributed by atoms with Crippen LogP contribution in [0.2, 0.25) is 0 Å². The van der Waals surface area contributed by atoms with Crippen LogP contribution in [0.3, 0.4) is 0 Å². The summed E-state index contributed by atoms with van der Waals surface area (Å²) in [4.78, 5) is 8.46. The van der Waals surface area contributed by atoms with Crippen LogP contribution in [0.1, 0.15) is 25.3 Å². The van der Waals surface area contributed by atoms with E-state index in [1.54, 1.807) is 0 Å². The second-order valence-electron chi connectivity index (χ2n) is 4.42. The normalized spacial score (nSPS) is 10.6. The van der Waals surface area contributed by atoms with Gasteiger partial charge in [-0.15, -0.1) is 0 Å². The van der Waals surface area contributed by atoms with E-state index in [4.69, 9.17) is 5.84 Å². The van der Waals surface area contributed by atoms with Crippen LogP contribution in [0, 0.1) is 3.57 Å². The van der Waals surface area contributed by atoms with Crippen LogP contribution in [0.4, 0.5) is 17.3 Å². The highest BCUT2D eigenvalue weighted by Crippen LogP contribution is 2.30. The Kier molecular flexibility index (Phi) is 4.54. The van der Waals surface area contributed by atoms with Gasteiger partial charge in [0, 0.05) is 14.8 Å². The topological polar surface area (TPSA) is 75.9 Å². The number of nitrogens with one attached hydrogen (secondary N) is 2. The first-order chi connectivity index (χ1) is 9.11. The maximum atomic E-state index is 5.51. The zero-order valence-corrected chi connectivity index (χ0v) is 13.0. The minimum absolute atomic E-state index is 0.262. The number of hydrogen-bond acceptors (Lipinski definition) is 5. The quantitative estimate of drug-likeness (QED) is 0.438. The molecule has 0 unspecified atom stereocenters. The third-order valence-corrected chi connectivity index (χ3v) is 3.36. The molecular formula is C13H16IN5. The molecule has 2 rings (SSSR count). The predicted molar refractivity (Wildman–Crippen MR) is 86.4 cm³/mol. The van der Waals surface area contributed by atoms with Crippen LogP contribution < -0.4 is 16.6 Å². The largest absolute Gasteiger partial charge is 0.340 e. The number of halogens is 1. The molecule has 6 heteroatoms. The number of nitrogens with two attached hydrogens (primary N) is 1. The Morgan fingerprint density at radius 2 is 1.95 bits per heavy atom. The molecule has 0 aliphatic rings. The van der Waals surface area contributed by atoms with E-state index in [2.05, 4.69) is 63.2 Å². The Labute approximate surface area is 126 Å². The summed E-state index contributed by atoms with van der Waals surface area (Å²) in [7, 11) is 0. The molecule has 0 spiro atoms. The van der Waals surface area contributed by atoms with E-state index in [0.717, 1.165) is 17.1 Å². The van der Waals surface area contributed by atoms with Crippen molar-refractivity contribution in [3.63, 3.8) is 0 Å². The van der Waals surface area contributed by atoms with Gasteiger partial charge < -0.3 is 10.7 Å². The molecule has 0 aliphatic heterocycles. The SMILES string of the molecule is CC(C)c1c(NN)ncnc1Nc1cccc(I)c1. The third-order valence-electron chi connectivity index (χ3n) is 2.69. The van der Waals surface area contributed by atoms with Crippen molar-refractivity contribution in [1.82, 2.24) is 9.97 Å². The lowest BCUT2D eigenvalue weighted by Gasteiger charge is -2.16. The maximum absolute atomic E-state index is 5.51. The zero-order chi connectivity index (χ0) is 13.8.